The molecule has 0 spiro atoms. The lowest BCUT2D eigenvalue weighted by atomic mass is 10.1. The number of nitrogens with one attached hydrogen (secondary N) is 1. The van der Waals surface area contributed by atoms with Gasteiger partial charge in [0.05, 0.1) is 18.2 Å². The summed E-state index contributed by atoms with van der Waals surface area (Å²) >= 11 is 0. The molecule has 1 aromatic carbocycles. The molecule has 6 heteroatoms. The Morgan fingerprint density at radius 3 is 2.80 bits per heavy atom. The number of rotatable bonds is 5. The molecule has 2 aromatic rings. The summed E-state index contributed by atoms with van der Waals surface area (Å²) in [5.74, 6) is 0.944. The zero-order valence-electron chi connectivity index (χ0n) is 11.4. The quantitative estimate of drug-likeness (QED) is 0.896. The molecule has 2 rings (SSSR count). The summed E-state index contributed by atoms with van der Waals surface area (Å²) in [6.07, 6.45) is 0. The van der Waals surface area contributed by atoms with Gasteiger partial charge < -0.3 is 10.1 Å². The van der Waals surface area contributed by atoms with Crippen molar-refractivity contribution in [2.75, 3.05) is 18.5 Å². The largest absolute Gasteiger partial charge is 0.464 e. The Labute approximate surface area is 117 Å². The molecular formula is C14H15N5O. The van der Waals surface area contributed by atoms with Crippen molar-refractivity contribution in [1.82, 2.24) is 15.0 Å². The molecule has 0 radical (unpaired) electrons. The fourth-order valence-corrected chi connectivity index (χ4v) is 1.64. The summed E-state index contributed by atoms with van der Waals surface area (Å²) in [6.45, 7) is 5.01. The third-order valence-electron chi connectivity index (χ3n) is 2.47. The molecule has 0 unspecified atom stereocenters. The lowest BCUT2D eigenvalue weighted by Crippen LogP contribution is -2.07. The standard InChI is InChI=1S/C14H15N5O/c1-3-16-13-17-12(18-14(19-13)20-4-2)11-7-5-6-10(8-11)9-15/h5-8H,3-4H2,1-2H3,(H,16,17,18,19). The highest BCUT2D eigenvalue weighted by Crippen LogP contribution is 2.19. The average molecular weight is 269 g/mol. The smallest absolute Gasteiger partial charge is 0.321 e. The van der Waals surface area contributed by atoms with E-state index in [9.17, 15) is 0 Å². The molecule has 102 valence electrons. The van der Waals surface area contributed by atoms with Crippen molar-refractivity contribution in [2.45, 2.75) is 13.8 Å². The number of nitrogens with zero attached hydrogens (tertiary/aromatic N) is 4. The normalized spacial score (nSPS) is 9.85. The fourth-order valence-electron chi connectivity index (χ4n) is 1.64. The lowest BCUT2D eigenvalue weighted by molar-refractivity contribution is 0.312. The van der Waals surface area contributed by atoms with Crippen LogP contribution < -0.4 is 10.1 Å². The van der Waals surface area contributed by atoms with Crippen LogP contribution in [0.5, 0.6) is 6.01 Å². The van der Waals surface area contributed by atoms with Crippen LogP contribution in [0.15, 0.2) is 24.3 Å². The SMILES string of the molecule is CCNc1nc(OCC)nc(-c2cccc(C#N)c2)n1. The zero-order chi connectivity index (χ0) is 14.4. The summed E-state index contributed by atoms with van der Waals surface area (Å²) in [5, 5.41) is 12.0. The van der Waals surface area contributed by atoms with Gasteiger partial charge in [0.15, 0.2) is 5.82 Å². The van der Waals surface area contributed by atoms with Gasteiger partial charge in [-0.05, 0) is 26.0 Å². The lowest BCUT2D eigenvalue weighted by Gasteiger charge is -2.08. The van der Waals surface area contributed by atoms with E-state index in [-0.39, 0.29) is 6.01 Å². The Bertz CT molecular complexity index is 611. The monoisotopic (exact) mass is 269 g/mol. The maximum atomic E-state index is 8.95. The highest BCUT2D eigenvalue weighted by Gasteiger charge is 2.09. The van der Waals surface area contributed by atoms with Crippen LogP contribution in [-0.2, 0) is 0 Å². The van der Waals surface area contributed by atoms with Crippen molar-refractivity contribution in [3.05, 3.63) is 29.8 Å². The van der Waals surface area contributed by atoms with Crippen LogP contribution in [0, 0.1) is 11.3 Å². The second kappa shape index (κ2) is 6.48. The van der Waals surface area contributed by atoms with Crippen LogP contribution in [-0.4, -0.2) is 28.1 Å². The predicted octanol–water partition coefficient (Wildman–Crippen LogP) is 2.24. The van der Waals surface area contributed by atoms with Gasteiger partial charge in [0.25, 0.3) is 0 Å². The molecule has 1 N–H and O–H groups in total. The van der Waals surface area contributed by atoms with E-state index in [0.717, 1.165) is 5.56 Å². The second-order valence-electron chi connectivity index (χ2n) is 3.92. The van der Waals surface area contributed by atoms with Crippen molar-refractivity contribution >= 4 is 5.95 Å². The molecule has 0 aliphatic carbocycles. The molecule has 0 aliphatic heterocycles. The minimum absolute atomic E-state index is 0.274. The Morgan fingerprint density at radius 2 is 2.10 bits per heavy atom. The number of nitriles is 1. The fraction of sp³-hybridized carbons (Fsp3) is 0.286. The number of hydrogen-bond acceptors (Lipinski definition) is 6. The maximum Gasteiger partial charge on any atom is 0.321 e. The minimum Gasteiger partial charge on any atom is -0.464 e. The van der Waals surface area contributed by atoms with E-state index in [1.165, 1.54) is 0 Å². The van der Waals surface area contributed by atoms with Gasteiger partial charge in [0.1, 0.15) is 0 Å². The molecule has 0 bridgehead atoms. The first-order chi connectivity index (χ1) is 9.76. The average Bonchev–Trinajstić information content (AvgIpc) is 2.48. The number of anilines is 1. The molecule has 0 atom stereocenters. The molecule has 1 aromatic heterocycles. The summed E-state index contributed by atoms with van der Waals surface area (Å²) < 4.78 is 5.34. The van der Waals surface area contributed by atoms with Crippen molar-refractivity contribution in [3.63, 3.8) is 0 Å². The Balaban J connectivity index is 2.45. The topological polar surface area (TPSA) is 83.7 Å². The van der Waals surface area contributed by atoms with Gasteiger partial charge in [-0.25, -0.2) is 0 Å². The minimum atomic E-state index is 0.274. The van der Waals surface area contributed by atoms with Crippen LogP contribution in [0.1, 0.15) is 19.4 Å². The molecule has 1 heterocycles. The highest BCUT2D eigenvalue weighted by molar-refractivity contribution is 5.59. The molecular weight excluding hydrogens is 254 g/mol. The van der Waals surface area contributed by atoms with Crippen LogP contribution in [0.25, 0.3) is 11.4 Å². The Kier molecular flexibility index (Phi) is 4.45. The van der Waals surface area contributed by atoms with E-state index < -0.39 is 0 Å². The molecule has 0 amide bonds. The summed E-state index contributed by atoms with van der Waals surface area (Å²) in [6, 6.07) is 9.49. The maximum absolute atomic E-state index is 8.95. The van der Waals surface area contributed by atoms with Gasteiger partial charge in [-0.3, -0.25) is 0 Å². The summed E-state index contributed by atoms with van der Waals surface area (Å²) in [7, 11) is 0. The van der Waals surface area contributed by atoms with E-state index in [1.807, 2.05) is 19.9 Å². The van der Waals surface area contributed by atoms with Gasteiger partial charge in [0, 0.05) is 12.1 Å². The van der Waals surface area contributed by atoms with E-state index in [0.29, 0.717) is 30.5 Å². The van der Waals surface area contributed by atoms with Gasteiger partial charge in [-0.2, -0.15) is 20.2 Å². The third-order valence-corrected chi connectivity index (χ3v) is 2.47. The van der Waals surface area contributed by atoms with Crippen LogP contribution >= 0.6 is 0 Å². The summed E-state index contributed by atoms with van der Waals surface area (Å²) in [4.78, 5) is 12.7. The van der Waals surface area contributed by atoms with Crippen molar-refractivity contribution in [3.8, 4) is 23.5 Å². The van der Waals surface area contributed by atoms with Gasteiger partial charge in [-0.15, -0.1) is 0 Å². The van der Waals surface area contributed by atoms with Gasteiger partial charge >= 0.3 is 6.01 Å². The summed E-state index contributed by atoms with van der Waals surface area (Å²) in [5.41, 5.74) is 1.32. The van der Waals surface area contributed by atoms with Crippen LogP contribution in [0.2, 0.25) is 0 Å². The molecule has 0 saturated carbocycles. The number of ether oxygens (including phenoxy) is 1. The Hall–Kier alpha value is -2.68. The number of aromatic nitrogens is 3. The molecule has 20 heavy (non-hydrogen) atoms. The van der Waals surface area contributed by atoms with Crippen molar-refractivity contribution < 1.29 is 4.74 Å². The van der Waals surface area contributed by atoms with Crippen LogP contribution in [0.4, 0.5) is 5.95 Å². The van der Waals surface area contributed by atoms with E-state index in [4.69, 9.17) is 10.00 Å². The molecule has 6 nitrogen and oxygen atoms in total. The first kappa shape index (κ1) is 13.7. The van der Waals surface area contributed by atoms with Crippen LogP contribution in [0.3, 0.4) is 0 Å². The Morgan fingerprint density at radius 1 is 1.25 bits per heavy atom. The van der Waals surface area contributed by atoms with Crippen molar-refractivity contribution in [2.24, 2.45) is 0 Å². The zero-order valence-corrected chi connectivity index (χ0v) is 11.4. The van der Waals surface area contributed by atoms with Gasteiger partial charge in [0.2, 0.25) is 5.95 Å². The van der Waals surface area contributed by atoms with Crippen molar-refractivity contribution in [1.29, 1.82) is 5.26 Å². The first-order valence-electron chi connectivity index (χ1n) is 6.40. The predicted molar refractivity (Wildman–Crippen MR) is 75.3 cm³/mol. The third kappa shape index (κ3) is 3.20. The second-order valence-corrected chi connectivity index (χ2v) is 3.92. The number of hydrogen-bond donors (Lipinski definition) is 1. The van der Waals surface area contributed by atoms with E-state index in [2.05, 4.69) is 26.3 Å². The van der Waals surface area contributed by atoms with E-state index >= 15 is 0 Å². The molecule has 0 aliphatic rings. The first-order valence-corrected chi connectivity index (χ1v) is 6.40. The number of benzene rings is 1. The van der Waals surface area contributed by atoms with E-state index in [1.54, 1.807) is 18.2 Å². The highest BCUT2D eigenvalue weighted by atomic mass is 16.5. The molecule has 0 fully saturated rings. The molecule has 0 saturated heterocycles. The van der Waals surface area contributed by atoms with Gasteiger partial charge in [-0.1, -0.05) is 12.1 Å².